The first-order valence-corrected chi connectivity index (χ1v) is 9.29. The number of carbonyl (C=O) groups is 1. The van der Waals surface area contributed by atoms with Gasteiger partial charge in [-0.1, -0.05) is 36.4 Å². The molecule has 0 bridgehead atoms. The van der Waals surface area contributed by atoms with E-state index in [-0.39, 0.29) is 6.03 Å². The van der Waals surface area contributed by atoms with Gasteiger partial charge in [-0.15, -0.1) is 11.3 Å². The zero-order valence-corrected chi connectivity index (χ0v) is 15.2. The molecule has 1 aromatic carbocycles. The van der Waals surface area contributed by atoms with E-state index in [1.54, 1.807) is 11.3 Å². The highest BCUT2D eigenvalue weighted by Crippen LogP contribution is 2.15. The van der Waals surface area contributed by atoms with Gasteiger partial charge in [-0.2, -0.15) is 0 Å². The second-order valence-electron chi connectivity index (χ2n) is 6.01. The number of thiophene rings is 1. The van der Waals surface area contributed by atoms with Crippen molar-refractivity contribution in [2.24, 2.45) is 7.05 Å². The number of carbonyl (C=O) groups excluding carboxylic acids is 1. The maximum atomic E-state index is 12.7. The summed E-state index contributed by atoms with van der Waals surface area (Å²) in [5, 5.41) is 5.10. The molecule has 0 unspecified atom stereocenters. The summed E-state index contributed by atoms with van der Waals surface area (Å²) >= 11 is 1.68. The number of hydrogen-bond donors (Lipinski definition) is 1. The Bertz CT molecular complexity index is 780. The lowest BCUT2D eigenvalue weighted by Gasteiger charge is -2.23. The van der Waals surface area contributed by atoms with E-state index in [0.717, 1.165) is 12.1 Å². The fourth-order valence-corrected chi connectivity index (χ4v) is 3.44. The number of aryl methyl sites for hydroxylation is 1. The first-order chi connectivity index (χ1) is 12.2. The second-order valence-corrected chi connectivity index (χ2v) is 7.05. The minimum absolute atomic E-state index is 0.0227. The molecule has 0 atom stereocenters. The molecule has 0 spiro atoms. The predicted octanol–water partition coefficient (Wildman–Crippen LogP) is 4.04. The summed E-state index contributed by atoms with van der Waals surface area (Å²) < 4.78 is 2.05. The molecule has 0 aliphatic heterocycles. The second kappa shape index (κ2) is 8.53. The molecular weight excluding hydrogens is 330 g/mol. The van der Waals surface area contributed by atoms with Crippen molar-refractivity contribution in [3.8, 4) is 0 Å². The molecule has 2 heterocycles. The molecule has 3 aromatic rings. The van der Waals surface area contributed by atoms with Gasteiger partial charge in [-0.25, -0.2) is 4.79 Å². The molecule has 0 radical (unpaired) electrons. The number of amides is 2. The van der Waals surface area contributed by atoms with Crippen LogP contribution in [0.2, 0.25) is 0 Å². The van der Waals surface area contributed by atoms with Gasteiger partial charge in [-0.05, 0) is 35.6 Å². The van der Waals surface area contributed by atoms with Crippen LogP contribution in [0.3, 0.4) is 0 Å². The Labute approximate surface area is 152 Å². The van der Waals surface area contributed by atoms with E-state index in [1.807, 2.05) is 53.9 Å². The summed E-state index contributed by atoms with van der Waals surface area (Å²) in [6.07, 6.45) is 2.84. The first-order valence-electron chi connectivity index (χ1n) is 8.41. The number of urea groups is 1. The topological polar surface area (TPSA) is 37.3 Å². The zero-order chi connectivity index (χ0) is 17.5. The van der Waals surface area contributed by atoms with Gasteiger partial charge in [0.1, 0.15) is 0 Å². The van der Waals surface area contributed by atoms with Crippen LogP contribution in [0.4, 0.5) is 4.79 Å². The van der Waals surface area contributed by atoms with Crippen LogP contribution in [-0.4, -0.2) is 22.0 Å². The van der Waals surface area contributed by atoms with E-state index < -0.39 is 0 Å². The van der Waals surface area contributed by atoms with Crippen LogP contribution in [0.15, 0.2) is 66.2 Å². The van der Waals surface area contributed by atoms with E-state index in [9.17, 15) is 4.79 Å². The molecule has 0 aliphatic carbocycles. The van der Waals surface area contributed by atoms with Gasteiger partial charge in [-0.3, -0.25) is 0 Å². The highest BCUT2D eigenvalue weighted by Gasteiger charge is 2.16. The van der Waals surface area contributed by atoms with E-state index in [4.69, 9.17) is 0 Å². The van der Waals surface area contributed by atoms with Gasteiger partial charge < -0.3 is 14.8 Å². The summed E-state index contributed by atoms with van der Waals surface area (Å²) in [5.41, 5.74) is 2.35. The van der Waals surface area contributed by atoms with Crippen molar-refractivity contribution in [3.63, 3.8) is 0 Å². The average molecular weight is 353 g/mol. The van der Waals surface area contributed by atoms with Gasteiger partial charge in [0.2, 0.25) is 0 Å². The quantitative estimate of drug-likeness (QED) is 0.684. The number of aromatic nitrogens is 1. The van der Waals surface area contributed by atoms with Gasteiger partial charge in [0.05, 0.1) is 13.1 Å². The SMILES string of the molecule is Cn1cccc1CN(Cc1cccs1)C(=O)NCCc1ccccc1. The largest absolute Gasteiger partial charge is 0.353 e. The molecule has 25 heavy (non-hydrogen) atoms. The van der Waals surface area contributed by atoms with Crippen LogP contribution < -0.4 is 5.32 Å². The van der Waals surface area contributed by atoms with Crippen molar-refractivity contribution in [1.29, 1.82) is 0 Å². The number of nitrogens with zero attached hydrogens (tertiary/aromatic N) is 2. The Kier molecular flexibility index (Phi) is 5.90. The van der Waals surface area contributed by atoms with E-state index in [2.05, 4.69) is 34.1 Å². The zero-order valence-electron chi connectivity index (χ0n) is 14.4. The molecule has 2 amide bonds. The fraction of sp³-hybridized carbons (Fsp3) is 0.250. The van der Waals surface area contributed by atoms with Crippen LogP contribution in [0.1, 0.15) is 16.1 Å². The van der Waals surface area contributed by atoms with Gasteiger partial charge in [0.15, 0.2) is 0 Å². The Hall–Kier alpha value is -2.53. The third-order valence-electron chi connectivity index (χ3n) is 4.15. The summed E-state index contributed by atoms with van der Waals surface area (Å²) in [6.45, 7) is 1.86. The standard InChI is InChI=1S/C20H23N3OS/c1-22-13-5-9-18(22)15-23(16-19-10-6-14-25-19)20(24)21-12-11-17-7-3-2-4-8-17/h2-10,13-14H,11-12,15-16H2,1H3,(H,21,24). The van der Waals surface area contributed by atoms with Gasteiger partial charge >= 0.3 is 6.03 Å². The molecule has 0 saturated heterocycles. The summed E-state index contributed by atoms with van der Waals surface area (Å²) in [4.78, 5) is 15.8. The Morgan fingerprint density at radius 1 is 1.08 bits per heavy atom. The summed E-state index contributed by atoms with van der Waals surface area (Å²) in [7, 11) is 2.01. The number of rotatable bonds is 7. The van der Waals surface area contributed by atoms with E-state index in [1.165, 1.54) is 10.4 Å². The lowest BCUT2D eigenvalue weighted by molar-refractivity contribution is 0.192. The first kappa shape index (κ1) is 17.3. The highest BCUT2D eigenvalue weighted by molar-refractivity contribution is 7.09. The number of nitrogens with one attached hydrogen (secondary N) is 1. The highest BCUT2D eigenvalue weighted by atomic mass is 32.1. The lowest BCUT2D eigenvalue weighted by Crippen LogP contribution is -2.40. The number of hydrogen-bond acceptors (Lipinski definition) is 2. The molecule has 3 rings (SSSR count). The molecule has 0 fully saturated rings. The van der Waals surface area contributed by atoms with E-state index >= 15 is 0 Å². The molecule has 0 aliphatic rings. The van der Waals surface area contributed by atoms with Crippen molar-refractivity contribution in [2.45, 2.75) is 19.5 Å². The summed E-state index contributed by atoms with van der Waals surface area (Å²) in [6, 6.07) is 18.3. The number of benzene rings is 1. The van der Waals surface area contributed by atoms with Crippen LogP contribution in [-0.2, 0) is 26.6 Å². The Balaban J connectivity index is 1.61. The van der Waals surface area contributed by atoms with Gasteiger partial charge in [0, 0.05) is 30.4 Å². The monoisotopic (exact) mass is 353 g/mol. The molecule has 2 aromatic heterocycles. The van der Waals surface area contributed by atoms with E-state index in [0.29, 0.717) is 19.6 Å². The maximum absolute atomic E-state index is 12.7. The van der Waals surface area contributed by atoms with Gasteiger partial charge in [0.25, 0.3) is 0 Å². The van der Waals surface area contributed by atoms with Crippen molar-refractivity contribution in [2.75, 3.05) is 6.54 Å². The van der Waals surface area contributed by atoms with Crippen molar-refractivity contribution in [3.05, 3.63) is 82.3 Å². The van der Waals surface area contributed by atoms with Crippen LogP contribution in [0.5, 0.6) is 0 Å². The van der Waals surface area contributed by atoms with Crippen molar-refractivity contribution >= 4 is 17.4 Å². The minimum Gasteiger partial charge on any atom is -0.353 e. The molecule has 4 nitrogen and oxygen atoms in total. The molecule has 1 N–H and O–H groups in total. The molecule has 0 saturated carbocycles. The fourth-order valence-electron chi connectivity index (χ4n) is 2.72. The smallest absolute Gasteiger partial charge is 0.318 e. The third kappa shape index (κ3) is 4.97. The van der Waals surface area contributed by atoms with Crippen LogP contribution >= 0.6 is 11.3 Å². The Morgan fingerprint density at radius 3 is 2.60 bits per heavy atom. The predicted molar refractivity (Wildman–Crippen MR) is 103 cm³/mol. The van der Waals surface area contributed by atoms with Crippen molar-refractivity contribution in [1.82, 2.24) is 14.8 Å². The molecule has 130 valence electrons. The normalized spacial score (nSPS) is 10.6. The third-order valence-corrected chi connectivity index (χ3v) is 5.01. The van der Waals surface area contributed by atoms with Crippen LogP contribution in [0.25, 0.3) is 0 Å². The summed E-state index contributed by atoms with van der Waals surface area (Å²) in [5.74, 6) is 0. The average Bonchev–Trinajstić information content (AvgIpc) is 3.27. The molecular formula is C20H23N3OS. The molecule has 5 heteroatoms. The van der Waals surface area contributed by atoms with Crippen LogP contribution in [0, 0.1) is 0 Å². The lowest BCUT2D eigenvalue weighted by atomic mass is 10.1. The van der Waals surface area contributed by atoms with Crippen molar-refractivity contribution < 1.29 is 4.79 Å². The minimum atomic E-state index is -0.0227. The Morgan fingerprint density at radius 2 is 1.92 bits per heavy atom. The maximum Gasteiger partial charge on any atom is 0.318 e.